The summed E-state index contributed by atoms with van der Waals surface area (Å²) in [6, 6.07) is 15.9. The number of nitrogens with zero attached hydrogens (tertiary/aromatic N) is 3. The zero-order chi connectivity index (χ0) is 14.2. The number of carbonyl (C=O) groups excluding carboxylic acids is 1. The van der Waals surface area contributed by atoms with Gasteiger partial charge in [-0.1, -0.05) is 47.7 Å². The molecule has 4 rings (SSSR count). The van der Waals surface area contributed by atoms with Gasteiger partial charge in [0.05, 0.1) is 12.6 Å². The Morgan fingerprint density at radius 3 is 2.71 bits per heavy atom. The average molecular weight is 278 g/mol. The summed E-state index contributed by atoms with van der Waals surface area (Å²) in [5, 5.41) is 8.37. The molecule has 0 aliphatic carbocycles. The molecular weight excluding hydrogens is 264 g/mol. The van der Waals surface area contributed by atoms with Crippen LogP contribution in [0.1, 0.15) is 28.8 Å². The maximum Gasteiger partial charge on any atom is 0.214 e. The van der Waals surface area contributed by atoms with Crippen molar-refractivity contribution in [1.29, 1.82) is 0 Å². The normalized spacial score (nSPS) is 22.4. The minimum Gasteiger partial charge on any atom is -0.310 e. The van der Waals surface area contributed by atoms with Crippen molar-refractivity contribution in [2.75, 3.05) is 4.90 Å². The Morgan fingerprint density at radius 2 is 1.86 bits per heavy atom. The fraction of sp³-hybridized carbons (Fsp3) is 0.188. The lowest BCUT2D eigenvalue weighted by atomic mass is 9.88. The first-order valence-corrected chi connectivity index (χ1v) is 6.92. The lowest BCUT2D eigenvalue weighted by Crippen LogP contribution is -2.28. The Hall–Kier alpha value is -2.69. The van der Waals surface area contributed by atoms with Crippen molar-refractivity contribution in [3.8, 4) is 0 Å². The molecule has 104 valence electrons. The zero-order valence-electron chi connectivity index (χ0n) is 11.3. The van der Waals surface area contributed by atoms with E-state index in [9.17, 15) is 4.79 Å². The summed E-state index contributed by atoms with van der Waals surface area (Å²) in [5.41, 5.74) is 7.30. The van der Waals surface area contributed by atoms with E-state index in [4.69, 9.17) is 0 Å². The van der Waals surface area contributed by atoms with Gasteiger partial charge in [0.15, 0.2) is 0 Å². The Kier molecular flexibility index (Phi) is 2.70. The third-order valence-corrected chi connectivity index (χ3v) is 4.12. The first-order valence-electron chi connectivity index (χ1n) is 6.92. The molecule has 0 spiro atoms. The number of hydrogen-bond donors (Lipinski definition) is 1. The smallest absolute Gasteiger partial charge is 0.214 e. The first kappa shape index (κ1) is 12.1. The number of amides is 1. The molecule has 2 aromatic carbocycles. The predicted octanol–water partition coefficient (Wildman–Crippen LogP) is 2.92. The molecule has 0 radical (unpaired) electrons. The molecule has 2 aromatic rings. The van der Waals surface area contributed by atoms with Gasteiger partial charge in [0.2, 0.25) is 6.41 Å². The number of carbonyl (C=O) groups is 1. The molecule has 1 N–H and O–H groups in total. The lowest BCUT2D eigenvalue weighted by Gasteiger charge is -2.30. The minimum absolute atomic E-state index is 0.0242. The maximum absolute atomic E-state index is 11.5. The largest absolute Gasteiger partial charge is 0.310 e. The van der Waals surface area contributed by atoms with Crippen molar-refractivity contribution in [3.63, 3.8) is 0 Å². The molecule has 0 saturated carbocycles. The number of benzene rings is 2. The second-order valence-corrected chi connectivity index (χ2v) is 5.26. The van der Waals surface area contributed by atoms with E-state index in [2.05, 4.69) is 27.9 Å². The number of para-hydroxylation sites is 1. The van der Waals surface area contributed by atoms with Crippen molar-refractivity contribution >= 4 is 12.1 Å². The van der Waals surface area contributed by atoms with Gasteiger partial charge >= 0.3 is 0 Å². The van der Waals surface area contributed by atoms with Gasteiger partial charge in [-0.05, 0) is 17.2 Å². The van der Waals surface area contributed by atoms with E-state index in [-0.39, 0.29) is 12.1 Å². The van der Waals surface area contributed by atoms with Crippen LogP contribution in [0.2, 0.25) is 0 Å². The van der Waals surface area contributed by atoms with Crippen molar-refractivity contribution < 1.29 is 4.79 Å². The van der Waals surface area contributed by atoms with Gasteiger partial charge in [-0.25, -0.2) is 0 Å². The monoisotopic (exact) mass is 278 g/mol. The van der Waals surface area contributed by atoms with Crippen LogP contribution in [0.15, 0.2) is 58.9 Å². The van der Waals surface area contributed by atoms with Crippen LogP contribution in [0, 0.1) is 0 Å². The van der Waals surface area contributed by atoms with Gasteiger partial charge in [0.25, 0.3) is 0 Å². The Morgan fingerprint density at radius 1 is 1.10 bits per heavy atom. The highest BCUT2D eigenvalue weighted by Gasteiger charge is 2.34. The van der Waals surface area contributed by atoms with Crippen molar-refractivity contribution in [1.82, 2.24) is 5.43 Å². The summed E-state index contributed by atoms with van der Waals surface area (Å²) in [4.78, 5) is 13.3. The Balaban J connectivity index is 1.94. The van der Waals surface area contributed by atoms with E-state index in [1.165, 1.54) is 0 Å². The molecule has 0 saturated heterocycles. The van der Waals surface area contributed by atoms with Gasteiger partial charge in [0.1, 0.15) is 6.04 Å². The quantitative estimate of drug-likeness (QED) is 0.815. The van der Waals surface area contributed by atoms with E-state index in [0.717, 1.165) is 28.8 Å². The minimum atomic E-state index is -0.106. The highest BCUT2D eigenvalue weighted by molar-refractivity contribution is 5.78. The van der Waals surface area contributed by atoms with Crippen molar-refractivity contribution in [2.24, 2.45) is 10.3 Å². The summed E-state index contributed by atoms with van der Waals surface area (Å²) >= 11 is 0. The molecule has 2 heterocycles. The first-order chi connectivity index (χ1) is 10.4. The molecule has 2 aliphatic rings. The topological polar surface area (TPSA) is 57.1 Å². The average Bonchev–Trinajstić information content (AvgIpc) is 3.00. The molecule has 0 bridgehead atoms. The molecule has 2 unspecified atom stereocenters. The predicted molar refractivity (Wildman–Crippen MR) is 78.6 cm³/mol. The molecule has 5 heteroatoms. The summed E-state index contributed by atoms with van der Waals surface area (Å²) in [6.45, 7) is 0.557. The molecule has 0 fully saturated rings. The second kappa shape index (κ2) is 4.70. The van der Waals surface area contributed by atoms with E-state index in [1.807, 2.05) is 36.4 Å². The summed E-state index contributed by atoms with van der Waals surface area (Å²) in [5.74, 6) is 0. The fourth-order valence-corrected chi connectivity index (χ4v) is 3.12. The maximum atomic E-state index is 11.5. The van der Waals surface area contributed by atoms with Gasteiger partial charge < -0.3 is 4.90 Å². The third kappa shape index (κ3) is 1.81. The van der Waals surface area contributed by atoms with E-state index in [0.29, 0.717) is 6.54 Å². The van der Waals surface area contributed by atoms with Gasteiger partial charge in [-0.2, -0.15) is 5.11 Å². The number of fused-ring (bicyclic) bond motifs is 5. The Bertz CT molecular complexity index is 728. The van der Waals surface area contributed by atoms with Gasteiger partial charge in [-0.3, -0.25) is 10.2 Å². The molecule has 2 aliphatic heterocycles. The SMILES string of the molecule is O=CN1Cc2ccccc2C2NN=NC2c2ccccc21. The molecule has 5 nitrogen and oxygen atoms in total. The van der Waals surface area contributed by atoms with Crippen LogP contribution in [0.5, 0.6) is 0 Å². The summed E-state index contributed by atoms with van der Waals surface area (Å²) in [7, 11) is 0. The van der Waals surface area contributed by atoms with Crippen LogP contribution in [-0.4, -0.2) is 6.41 Å². The molecule has 0 aromatic heterocycles. The van der Waals surface area contributed by atoms with Gasteiger partial charge in [0, 0.05) is 11.3 Å². The van der Waals surface area contributed by atoms with E-state index < -0.39 is 0 Å². The highest BCUT2D eigenvalue weighted by Crippen LogP contribution is 2.43. The molecule has 1 amide bonds. The fourth-order valence-electron chi connectivity index (χ4n) is 3.12. The van der Waals surface area contributed by atoms with E-state index >= 15 is 0 Å². The van der Waals surface area contributed by atoms with Crippen LogP contribution < -0.4 is 10.3 Å². The second-order valence-electron chi connectivity index (χ2n) is 5.26. The van der Waals surface area contributed by atoms with Crippen molar-refractivity contribution in [2.45, 2.75) is 18.6 Å². The summed E-state index contributed by atoms with van der Waals surface area (Å²) < 4.78 is 0. The van der Waals surface area contributed by atoms with Crippen LogP contribution >= 0.6 is 0 Å². The van der Waals surface area contributed by atoms with Crippen LogP contribution in [-0.2, 0) is 11.3 Å². The van der Waals surface area contributed by atoms with Crippen molar-refractivity contribution in [3.05, 3.63) is 65.2 Å². The number of hydrogen-bond acceptors (Lipinski definition) is 4. The summed E-state index contributed by atoms with van der Waals surface area (Å²) in [6.07, 6.45) is 0.884. The lowest BCUT2D eigenvalue weighted by molar-refractivity contribution is -0.107. The Labute approximate surface area is 122 Å². The third-order valence-electron chi connectivity index (χ3n) is 4.12. The molecule has 21 heavy (non-hydrogen) atoms. The molecular formula is C16H14N4O. The number of rotatable bonds is 1. The molecule has 2 atom stereocenters. The number of nitrogens with one attached hydrogen (secondary N) is 1. The van der Waals surface area contributed by atoms with Gasteiger partial charge in [-0.15, -0.1) is 0 Å². The standard InChI is InChI=1S/C16H14N4O/c21-10-20-9-11-5-1-2-6-12(11)15-16(18-19-17-15)13-7-3-4-8-14(13)20/h1-8,10,15-16H,9H2,(H,17,18). The van der Waals surface area contributed by atoms with Crippen LogP contribution in [0.3, 0.4) is 0 Å². The van der Waals surface area contributed by atoms with Crippen LogP contribution in [0.4, 0.5) is 5.69 Å². The zero-order valence-corrected chi connectivity index (χ0v) is 11.3. The highest BCUT2D eigenvalue weighted by atomic mass is 16.1. The van der Waals surface area contributed by atoms with Crippen LogP contribution in [0.25, 0.3) is 0 Å². The number of anilines is 1. The van der Waals surface area contributed by atoms with E-state index in [1.54, 1.807) is 4.90 Å².